The number of nitrogens with two attached hydrogens (primary N) is 1. The van der Waals surface area contributed by atoms with Crippen molar-refractivity contribution in [3.63, 3.8) is 0 Å². The molecule has 0 aromatic heterocycles. The van der Waals surface area contributed by atoms with Crippen molar-refractivity contribution in [2.24, 2.45) is 5.73 Å². The molecule has 1 unspecified atom stereocenters. The maximum Gasteiger partial charge on any atom is 0.322 e. The number of methoxy groups -OCH3 is 1. The number of esters is 1. The average Bonchev–Trinajstić information content (AvgIpc) is 1.97. The molecule has 0 rings (SSSR count). The van der Waals surface area contributed by atoms with E-state index in [0.717, 1.165) is 6.26 Å². The Kier molecular flexibility index (Phi) is 7.20. The third-order valence-corrected chi connectivity index (χ3v) is 2.28. The van der Waals surface area contributed by atoms with Crippen molar-refractivity contribution in [1.82, 2.24) is 0 Å². The molecule has 0 saturated heterocycles. The average molecular weight is 232 g/mol. The quantitative estimate of drug-likeness (QED) is 0.650. The van der Waals surface area contributed by atoms with Gasteiger partial charge >= 0.3 is 5.97 Å². The number of ether oxygens (including phenoxy) is 1. The van der Waals surface area contributed by atoms with Crippen LogP contribution in [0.1, 0.15) is 6.42 Å². The fraction of sp³-hybridized carbons (Fsp3) is 0.833. The summed E-state index contributed by atoms with van der Waals surface area (Å²) < 4.78 is 25.6. The largest absolute Gasteiger partial charge is 0.468 e. The number of rotatable bonds is 4. The molecule has 5 nitrogen and oxygen atoms in total. The van der Waals surface area contributed by atoms with Gasteiger partial charge in [0, 0.05) is 6.26 Å². The lowest BCUT2D eigenvalue weighted by atomic mass is 10.2. The zero-order valence-corrected chi connectivity index (χ0v) is 9.15. The Morgan fingerprint density at radius 2 is 2.00 bits per heavy atom. The molecule has 0 amide bonds. The highest BCUT2D eigenvalue weighted by molar-refractivity contribution is 7.90. The number of hydrogen-bond acceptors (Lipinski definition) is 5. The van der Waals surface area contributed by atoms with E-state index in [2.05, 4.69) is 4.74 Å². The van der Waals surface area contributed by atoms with Gasteiger partial charge < -0.3 is 10.5 Å². The highest BCUT2D eigenvalue weighted by atomic mass is 35.5. The molecule has 0 bridgehead atoms. The van der Waals surface area contributed by atoms with Crippen LogP contribution in [0, 0.1) is 0 Å². The van der Waals surface area contributed by atoms with Crippen molar-refractivity contribution >= 4 is 28.2 Å². The normalized spacial score (nSPS) is 12.8. The molecule has 7 heteroatoms. The van der Waals surface area contributed by atoms with E-state index in [1.807, 2.05) is 0 Å². The number of carbonyl (C=O) groups excluding carboxylic acids is 1. The van der Waals surface area contributed by atoms with Crippen molar-refractivity contribution in [3.05, 3.63) is 0 Å². The molecule has 2 N–H and O–H groups in total. The van der Waals surface area contributed by atoms with E-state index in [-0.39, 0.29) is 24.6 Å². The van der Waals surface area contributed by atoms with Crippen molar-refractivity contribution in [2.75, 3.05) is 19.1 Å². The zero-order valence-electron chi connectivity index (χ0n) is 7.52. The highest BCUT2D eigenvalue weighted by Crippen LogP contribution is 1.95. The molecule has 0 aliphatic heterocycles. The molecular formula is C6H14ClNO4S. The third kappa shape index (κ3) is 8.01. The Labute approximate surface area is 84.0 Å². The summed E-state index contributed by atoms with van der Waals surface area (Å²) in [5.74, 6) is -0.679. The fourth-order valence-corrected chi connectivity index (χ4v) is 1.29. The summed E-state index contributed by atoms with van der Waals surface area (Å²) >= 11 is 0. The molecule has 80 valence electrons. The lowest BCUT2D eigenvalue weighted by Gasteiger charge is -2.07. The molecule has 0 aromatic rings. The molecule has 0 spiro atoms. The molecule has 0 aliphatic rings. The lowest BCUT2D eigenvalue weighted by molar-refractivity contribution is -0.142. The molecule has 0 heterocycles. The molecule has 0 fully saturated rings. The second kappa shape index (κ2) is 6.17. The van der Waals surface area contributed by atoms with Crippen molar-refractivity contribution in [1.29, 1.82) is 0 Å². The van der Waals surface area contributed by atoms with E-state index in [1.54, 1.807) is 0 Å². The Morgan fingerprint density at radius 3 is 2.31 bits per heavy atom. The van der Waals surface area contributed by atoms with Gasteiger partial charge in [0.25, 0.3) is 0 Å². The van der Waals surface area contributed by atoms with Crippen LogP contribution in [0.25, 0.3) is 0 Å². The summed E-state index contributed by atoms with van der Waals surface area (Å²) in [4.78, 5) is 10.7. The van der Waals surface area contributed by atoms with Crippen LogP contribution in [0.15, 0.2) is 0 Å². The van der Waals surface area contributed by atoms with Gasteiger partial charge in [-0.3, -0.25) is 4.79 Å². The molecule has 1 atom stereocenters. The van der Waals surface area contributed by atoms with Crippen LogP contribution in [0.2, 0.25) is 0 Å². The smallest absolute Gasteiger partial charge is 0.322 e. The second-order valence-corrected chi connectivity index (χ2v) is 4.81. The molecule has 0 radical (unpaired) electrons. The summed E-state index contributed by atoms with van der Waals surface area (Å²) in [7, 11) is -1.84. The maximum atomic E-state index is 10.7. The predicted octanol–water partition coefficient (Wildman–Crippen LogP) is -0.657. The summed E-state index contributed by atoms with van der Waals surface area (Å²) in [6.45, 7) is 0. The van der Waals surface area contributed by atoms with Gasteiger partial charge in [-0.1, -0.05) is 0 Å². The molecule has 0 aliphatic carbocycles. The Hall–Kier alpha value is -0.330. The fourth-order valence-electron chi connectivity index (χ4n) is 0.610. The molecule has 0 saturated carbocycles. The van der Waals surface area contributed by atoms with E-state index in [0.29, 0.717) is 0 Å². The number of carbonyl (C=O) groups is 1. The van der Waals surface area contributed by atoms with E-state index >= 15 is 0 Å². The lowest BCUT2D eigenvalue weighted by Crippen LogP contribution is -2.33. The van der Waals surface area contributed by atoms with Crippen molar-refractivity contribution in [3.8, 4) is 0 Å². The minimum absolute atomic E-state index is 0. The monoisotopic (exact) mass is 231 g/mol. The van der Waals surface area contributed by atoms with Gasteiger partial charge in [-0.2, -0.15) is 0 Å². The van der Waals surface area contributed by atoms with E-state index in [4.69, 9.17) is 5.73 Å². The standard InChI is InChI=1S/C6H13NO4S.ClH/c1-11-6(8)5(7)3-4-12(2,9)10;/h5H,3-4,7H2,1-2H3;1H. The predicted molar refractivity (Wildman–Crippen MR) is 51.6 cm³/mol. The minimum Gasteiger partial charge on any atom is -0.468 e. The first-order valence-corrected chi connectivity index (χ1v) is 5.44. The van der Waals surface area contributed by atoms with Gasteiger partial charge in [-0.25, -0.2) is 8.42 Å². The first-order valence-electron chi connectivity index (χ1n) is 3.38. The number of hydrogen-bond donors (Lipinski definition) is 1. The third-order valence-electron chi connectivity index (χ3n) is 1.30. The van der Waals surface area contributed by atoms with Gasteiger partial charge in [-0.05, 0) is 6.42 Å². The van der Waals surface area contributed by atoms with E-state index in [9.17, 15) is 13.2 Å². The van der Waals surface area contributed by atoms with Gasteiger partial charge in [0.05, 0.1) is 12.9 Å². The van der Waals surface area contributed by atoms with Crippen molar-refractivity contribution in [2.45, 2.75) is 12.5 Å². The van der Waals surface area contributed by atoms with Crippen LogP contribution in [-0.2, 0) is 19.4 Å². The Bertz CT molecular complexity index is 251. The molecular weight excluding hydrogens is 218 g/mol. The Balaban J connectivity index is 0. The van der Waals surface area contributed by atoms with Crippen LogP contribution in [-0.4, -0.2) is 39.5 Å². The maximum absolute atomic E-state index is 10.7. The first kappa shape index (κ1) is 15.2. The van der Waals surface area contributed by atoms with Crippen LogP contribution in [0.4, 0.5) is 0 Å². The zero-order chi connectivity index (χ0) is 9.78. The molecule has 13 heavy (non-hydrogen) atoms. The summed E-state index contributed by atoms with van der Waals surface area (Å²) in [6, 6.07) is -0.843. The summed E-state index contributed by atoms with van der Waals surface area (Å²) in [5.41, 5.74) is 5.30. The Morgan fingerprint density at radius 1 is 1.54 bits per heavy atom. The van der Waals surface area contributed by atoms with Crippen LogP contribution < -0.4 is 5.73 Å². The van der Waals surface area contributed by atoms with Crippen molar-refractivity contribution < 1.29 is 17.9 Å². The van der Waals surface area contributed by atoms with Gasteiger partial charge in [0.2, 0.25) is 0 Å². The van der Waals surface area contributed by atoms with Crippen LogP contribution in [0.3, 0.4) is 0 Å². The van der Waals surface area contributed by atoms with Crippen LogP contribution >= 0.6 is 12.4 Å². The first-order chi connectivity index (χ1) is 5.37. The minimum atomic E-state index is -3.05. The molecule has 0 aromatic carbocycles. The second-order valence-electron chi connectivity index (χ2n) is 2.55. The van der Waals surface area contributed by atoms with Gasteiger partial charge in [-0.15, -0.1) is 12.4 Å². The SMILES string of the molecule is COC(=O)C(N)CCS(C)(=O)=O.Cl. The number of sulfone groups is 1. The highest BCUT2D eigenvalue weighted by Gasteiger charge is 2.15. The topological polar surface area (TPSA) is 86.5 Å². The van der Waals surface area contributed by atoms with E-state index in [1.165, 1.54) is 7.11 Å². The summed E-state index contributed by atoms with van der Waals surface area (Å²) in [5, 5.41) is 0. The number of halogens is 1. The van der Waals surface area contributed by atoms with E-state index < -0.39 is 21.8 Å². The summed E-state index contributed by atoms with van der Waals surface area (Å²) in [6.07, 6.45) is 1.20. The van der Waals surface area contributed by atoms with Crippen LogP contribution in [0.5, 0.6) is 0 Å². The van der Waals surface area contributed by atoms with Gasteiger partial charge in [0.15, 0.2) is 0 Å². The van der Waals surface area contributed by atoms with Gasteiger partial charge in [0.1, 0.15) is 15.9 Å².